The van der Waals surface area contributed by atoms with Crippen LogP contribution in [0, 0.1) is 5.41 Å². The van der Waals surface area contributed by atoms with Gasteiger partial charge < -0.3 is 9.47 Å². The van der Waals surface area contributed by atoms with E-state index >= 15 is 0 Å². The number of carbonyl (C=O) groups excluding carboxylic acids is 2. The molecule has 0 aromatic rings. The van der Waals surface area contributed by atoms with Crippen molar-refractivity contribution in [2.24, 2.45) is 5.41 Å². The van der Waals surface area contributed by atoms with E-state index in [9.17, 15) is 9.59 Å². The van der Waals surface area contributed by atoms with Crippen molar-refractivity contribution in [1.82, 2.24) is 0 Å². The second kappa shape index (κ2) is 5.38. The molecule has 0 bridgehead atoms. The van der Waals surface area contributed by atoms with Gasteiger partial charge in [-0.2, -0.15) is 0 Å². The first-order valence-electron chi connectivity index (χ1n) is 6.06. The van der Waals surface area contributed by atoms with Crippen molar-refractivity contribution in [3.05, 3.63) is 25.3 Å². The quantitative estimate of drug-likeness (QED) is 0.414. The summed E-state index contributed by atoms with van der Waals surface area (Å²) in [5.74, 6) is -2.19. The van der Waals surface area contributed by atoms with Crippen LogP contribution in [-0.2, 0) is 19.1 Å². The Bertz CT molecular complexity index is 334. The van der Waals surface area contributed by atoms with Gasteiger partial charge in [0.05, 0.1) is 0 Å². The lowest BCUT2D eigenvalue weighted by atomic mass is 9.78. The molecule has 18 heavy (non-hydrogen) atoms. The van der Waals surface area contributed by atoms with Gasteiger partial charge in [-0.25, -0.2) is 0 Å². The van der Waals surface area contributed by atoms with Gasteiger partial charge in [-0.1, -0.05) is 12.2 Å². The molecule has 100 valence electrons. The lowest BCUT2D eigenvalue weighted by Gasteiger charge is -2.40. The van der Waals surface area contributed by atoms with Gasteiger partial charge in [0.2, 0.25) is 0 Å². The van der Waals surface area contributed by atoms with Crippen molar-refractivity contribution in [2.45, 2.75) is 45.3 Å². The van der Waals surface area contributed by atoms with Gasteiger partial charge in [0.1, 0.15) is 0 Å². The summed E-state index contributed by atoms with van der Waals surface area (Å²) in [5, 5.41) is 0. The smallest absolute Gasteiger partial charge is 0.326 e. The highest BCUT2D eigenvalue weighted by Gasteiger charge is 2.54. The maximum absolute atomic E-state index is 12.2. The molecule has 4 nitrogen and oxygen atoms in total. The first-order valence-corrected chi connectivity index (χ1v) is 6.06. The van der Waals surface area contributed by atoms with Gasteiger partial charge in [-0.3, -0.25) is 9.59 Å². The second-order valence-electron chi connectivity index (χ2n) is 4.92. The molecule has 0 saturated carbocycles. The first-order chi connectivity index (χ1) is 8.38. The molecule has 0 aromatic heterocycles. The third-order valence-electron chi connectivity index (χ3n) is 3.01. The molecule has 4 heteroatoms. The Kier molecular flexibility index (Phi) is 4.33. The van der Waals surface area contributed by atoms with Gasteiger partial charge in [-0.05, 0) is 25.7 Å². The highest BCUT2D eigenvalue weighted by Crippen LogP contribution is 2.40. The van der Waals surface area contributed by atoms with E-state index in [0.717, 1.165) is 0 Å². The van der Waals surface area contributed by atoms with Crippen LogP contribution in [0.1, 0.15) is 39.5 Å². The summed E-state index contributed by atoms with van der Waals surface area (Å²) in [6.07, 6.45) is 5.19. The van der Waals surface area contributed by atoms with Crippen molar-refractivity contribution in [2.75, 3.05) is 0 Å². The number of esters is 2. The number of cyclic esters (lactones) is 2. The summed E-state index contributed by atoms with van der Waals surface area (Å²) in [6, 6.07) is 0. The molecular formula is C14H20O4. The SMILES string of the molecule is C=CCCC1(CCC=C)C(=O)OC(C)(C)OC1=O. The van der Waals surface area contributed by atoms with Crippen LogP contribution in [0.3, 0.4) is 0 Å². The van der Waals surface area contributed by atoms with Gasteiger partial charge in [0.15, 0.2) is 5.41 Å². The third kappa shape index (κ3) is 2.81. The fourth-order valence-electron chi connectivity index (χ4n) is 1.98. The maximum atomic E-state index is 12.2. The number of hydrogen-bond acceptors (Lipinski definition) is 4. The molecular weight excluding hydrogens is 232 g/mol. The Labute approximate surface area is 108 Å². The van der Waals surface area contributed by atoms with Crippen LogP contribution in [0.15, 0.2) is 25.3 Å². The fraction of sp³-hybridized carbons (Fsp3) is 0.571. The molecule has 1 rings (SSSR count). The molecule has 1 heterocycles. The Balaban J connectivity index is 2.99. The predicted molar refractivity (Wildman–Crippen MR) is 67.6 cm³/mol. The number of rotatable bonds is 6. The normalized spacial score (nSPS) is 20.8. The molecule has 1 aliphatic rings. The zero-order valence-electron chi connectivity index (χ0n) is 11.0. The highest BCUT2D eigenvalue weighted by atomic mass is 16.7. The minimum absolute atomic E-state index is 0.359. The van der Waals surface area contributed by atoms with Crippen LogP contribution in [0.5, 0.6) is 0 Å². The van der Waals surface area contributed by atoms with Gasteiger partial charge >= 0.3 is 11.9 Å². The number of allylic oxidation sites excluding steroid dienone is 2. The van der Waals surface area contributed by atoms with Gasteiger partial charge in [0.25, 0.3) is 5.79 Å². The van der Waals surface area contributed by atoms with Crippen LogP contribution in [-0.4, -0.2) is 17.7 Å². The predicted octanol–water partition coefficient (Wildman–Crippen LogP) is 2.74. The van der Waals surface area contributed by atoms with Crippen LogP contribution < -0.4 is 0 Å². The zero-order valence-corrected chi connectivity index (χ0v) is 11.0. The van der Waals surface area contributed by atoms with Crippen LogP contribution >= 0.6 is 0 Å². The maximum Gasteiger partial charge on any atom is 0.326 e. The molecule has 0 aliphatic carbocycles. The zero-order chi connectivity index (χ0) is 13.8. The number of carbonyl (C=O) groups is 2. The molecule has 0 amide bonds. The summed E-state index contributed by atoms with van der Waals surface area (Å²) in [5.41, 5.74) is -1.21. The van der Waals surface area contributed by atoms with E-state index in [-0.39, 0.29) is 0 Å². The van der Waals surface area contributed by atoms with Crippen molar-refractivity contribution < 1.29 is 19.1 Å². The number of ether oxygens (including phenoxy) is 2. The molecule has 1 fully saturated rings. The van der Waals surface area contributed by atoms with E-state index in [0.29, 0.717) is 25.7 Å². The summed E-state index contributed by atoms with van der Waals surface area (Å²) in [7, 11) is 0. The molecule has 1 saturated heterocycles. The van der Waals surface area contributed by atoms with Crippen molar-refractivity contribution in [3.8, 4) is 0 Å². The Morgan fingerprint density at radius 2 is 1.39 bits per heavy atom. The van der Waals surface area contributed by atoms with E-state index in [1.54, 1.807) is 26.0 Å². The van der Waals surface area contributed by atoms with E-state index in [4.69, 9.17) is 9.47 Å². The third-order valence-corrected chi connectivity index (χ3v) is 3.01. The van der Waals surface area contributed by atoms with E-state index in [1.165, 1.54) is 0 Å². The minimum atomic E-state index is -1.21. The average Bonchev–Trinajstić information content (AvgIpc) is 2.26. The molecule has 0 spiro atoms. The molecule has 0 unspecified atom stereocenters. The summed E-state index contributed by atoms with van der Waals surface area (Å²) >= 11 is 0. The van der Waals surface area contributed by atoms with E-state index in [2.05, 4.69) is 13.2 Å². The van der Waals surface area contributed by atoms with Gasteiger partial charge in [0, 0.05) is 13.8 Å². The van der Waals surface area contributed by atoms with Crippen LogP contribution in [0.4, 0.5) is 0 Å². The van der Waals surface area contributed by atoms with Crippen molar-refractivity contribution >= 4 is 11.9 Å². The summed E-state index contributed by atoms with van der Waals surface area (Å²) in [4.78, 5) is 24.3. The monoisotopic (exact) mass is 252 g/mol. The highest BCUT2D eigenvalue weighted by molar-refractivity contribution is 6.01. The lowest BCUT2D eigenvalue weighted by Crippen LogP contribution is -2.53. The molecule has 1 aliphatic heterocycles. The van der Waals surface area contributed by atoms with Gasteiger partial charge in [-0.15, -0.1) is 13.2 Å². The lowest BCUT2D eigenvalue weighted by molar-refractivity contribution is -0.252. The van der Waals surface area contributed by atoms with E-state index in [1.807, 2.05) is 0 Å². The largest absolute Gasteiger partial charge is 0.422 e. The van der Waals surface area contributed by atoms with Crippen molar-refractivity contribution in [1.29, 1.82) is 0 Å². The standard InChI is InChI=1S/C14H20O4/c1-5-7-9-14(10-8-6-2)11(15)17-13(3,4)18-12(14)16/h5-6H,1-2,7-10H2,3-4H3. The minimum Gasteiger partial charge on any atom is -0.422 e. The number of hydrogen-bond donors (Lipinski definition) is 0. The fourth-order valence-corrected chi connectivity index (χ4v) is 1.98. The summed E-state index contributed by atoms with van der Waals surface area (Å²) in [6.45, 7) is 10.3. The van der Waals surface area contributed by atoms with Crippen LogP contribution in [0.2, 0.25) is 0 Å². The Hall–Kier alpha value is -1.58. The Morgan fingerprint density at radius 3 is 1.72 bits per heavy atom. The molecule has 0 atom stereocenters. The summed E-state index contributed by atoms with van der Waals surface area (Å²) < 4.78 is 10.4. The molecule has 0 radical (unpaired) electrons. The molecule has 0 aromatic carbocycles. The van der Waals surface area contributed by atoms with E-state index < -0.39 is 23.1 Å². The second-order valence-corrected chi connectivity index (χ2v) is 4.92. The first kappa shape index (κ1) is 14.5. The Morgan fingerprint density at radius 1 is 1.00 bits per heavy atom. The van der Waals surface area contributed by atoms with Crippen LogP contribution in [0.25, 0.3) is 0 Å². The molecule has 0 N–H and O–H groups in total. The average molecular weight is 252 g/mol. The van der Waals surface area contributed by atoms with Crippen molar-refractivity contribution in [3.63, 3.8) is 0 Å². The topological polar surface area (TPSA) is 52.6 Å².